The van der Waals surface area contributed by atoms with Crippen molar-refractivity contribution < 1.29 is 9.90 Å². The highest BCUT2D eigenvalue weighted by Crippen LogP contribution is 2.24. The number of hydrogen-bond donors (Lipinski definition) is 2. The number of carbonyl (C=O) groups is 1. The van der Waals surface area contributed by atoms with E-state index in [1.165, 1.54) is 6.08 Å². The van der Waals surface area contributed by atoms with Crippen LogP contribution in [-0.2, 0) is 4.79 Å². The second-order valence-electron chi connectivity index (χ2n) is 3.88. The van der Waals surface area contributed by atoms with Gasteiger partial charge in [0.05, 0.1) is 5.52 Å². The highest BCUT2D eigenvalue weighted by atomic mass is 35.5. The Morgan fingerprint density at radius 1 is 1.44 bits per heavy atom. The summed E-state index contributed by atoms with van der Waals surface area (Å²) in [6.07, 6.45) is 2.17. The lowest BCUT2D eigenvalue weighted by atomic mass is 10.1. The number of carboxylic acids is 1. The summed E-state index contributed by atoms with van der Waals surface area (Å²) in [7, 11) is 0. The lowest BCUT2D eigenvalue weighted by Gasteiger charge is -2.05. The zero-order valence-corrected chi connectivity index (χ0v) is 10.3. The molecule has 5 heteroatoms. The number of aromatic nitrogens is 1. The van der Waals surface area contributed by atoms with E-state index in [2.05, 4.69) is 4.98 Å². The van der Waals surface area contributed by atoms with Gasteiger partial charge in [0, 0.05) is 22.0 Å². The van der Waals surface area contributed by atoms with Gasteiger partial charge in [-0.3, -0.25) is 4.79 Å². The standard InChI is InChI=1S/C13H10ClNO3/c1-7-2-4-10(14)9-6-8(3-5-11(16)17)13(18)15-12(7)9/h2-6H,1H3,(H,15,18)(H,16,17)/b5-3+. The quantitative estimate of drug-likeness (QED) is 0.818. The number of hydrogen-bond acceptors (Lipinski definition) is 2. The van der Waals surface area contributed by atoms with Crippen LogP contribution in [0.5, 0.6) is 0 Å². The summed E-state index contributed by atoms with van der Waals surface area (Å²) in [5, 5.41) is 9.76. The zero-order valence-electron chi connectivity index (χ0n) is 9.53. The maximum atomic E-state index is 11.8. The Bertz CT molecular complexity index is 716. The molecule has 92 valence electrons. The molecule has 0 aliphatic rings. The van der Waals surface area contributed by atoms with E-state index in [4.69, 9.17) is 16.7 Å². The Morgan fingerprint density at radius 3 is 2.83 bits per heavy atom. The minimum atomic E-state index is -1.11. The minimum Gasteiger partial charge on any atom is -0.478 e. The molecule has 0 saturated carbocycles. The lowest BCUT2D eigenvalue weighted by molar-refractivity contribution is -0.131. The molecule has 0 amide bonds. The van der Waals surface area contributed by atoms with Crippen molar-refractivity contribution in [3.63, 3.8) is 0 Å². The number of halogens is 1. The number of aliphatic carboxylic acids is 1. The maximum absolute atomic E-state index is 11.8. The molecule has 2 rings (SSSR count). The molecule has 0 unspecified atom stereocenters. The van der Waals surface area contributed by atoms with Crippen molar-refractivity contribution in [2.75, 3.05) is 0 Å². The molecule has 0 bridgehead atoms. The van der Waals surface area contributed by atoms with Crippen molar-refractivity contribution in [2.45, 2.75) is 6.92 Å². The SMILES string of the molecule is Cc1ccc(Cl)c2cc(/C=C/C(=O)O)c(=O)[nH]c12. The van der Waals surface area contributed by atoms with Gasteiger partial charge in [-0.1, -0.05) is 17.7 Å². The van der Waals surface area contributed by atoms with Crippen molar-refractivity contribution >= 4 is 34.5 Å². The maximum Gasteiger partial charge on any atom is 0.328 e. The first kappa shape index (κ1) is 12.4. The summed E-state index contributed by atoms with van der Waals surface area (Å²) in [6, 6.07) is 5.14. The van der Waals surface area contributed by atoms with Crippen molar-refractivity contribution in [1.29, 1.82) is 0 Å². The third-order valence-corrected chi connectivity index (χ3v) is 2.94. The van der Waals surface area contributed by atoms with Crippen molar-refractivity contribution in [3.8, 4) is 0 Å². The molecule has 0 aliphatic carbocycles. The predicted molar refractivity (Wildman–Crippen MR) is 71.0 cm³/mol. The molecule has 2 aromatic rings. The van der Waals surface area contributed by atoms with Crippen molar-refractivity contribution in [2.24, 2.45) is 0 Å². The third-order valence-electron chi connectivity index (χ3n) is 2.61. The normalized spacial score (nSPS) is 11.2. The third kappa shape index (κ3) is 2.28. The summed E-state index contributed by atoms with van der Waals surface area (Å²) in [6.45, 7) is 1.86. The fourth-order valence-corrected chi connectivity index (χ4v) is 1.91. The fraction of sp³-hybridized carbons (Fsp3) is 0.0769. The summed E-state index contributed by atoms with van der Waals surface area (Å²) in [4.78, 5) is 24.9. The van der Waals surface area contributed by atoms with E-state index in [1.807, 2.05) is 13.0 Å². The molecule has 18 heavy (non-hydrogen) atoms. The second-order valence-corrected chi connectivity index (χ2v) is 4.29. The Balaban J connectivity index is 2.72. The number of H-pyrrole nitrogens is 1. The van der Waals surface area contributed by atoms with Gasteiger partial charge in [-0.25, -0.2) is 4.79 Å². The predicted octanol–water partition coefficient (Wildman–Crippen LogP) is 2.59. The first-order chi connectivity index (χ1) is 8.49. The van der Waals surface area contributed by atoms with E-state index < -0.39 is 5.97 Å². The fourth-order valence-electron chi connectivity index (χ4n) is 1.70. The van der Waals surface area contributed by atoms with E-state index in [0.29, 0.717) is 15.9 Å². The molecule has 1 heterocycles. The van der Waals surface area contributed by atoms with Crippen LogP contribution >= 0.6 is 11.6 Å². The van der Waals surface area contributed by atoms with Gasteiger partial charge in [0.2, 0.25) is 0 Å². The van der Waals surface area contributed by atoms with Crippen LogP contribution in [0.4, 0.5) is 0 Å². The first-order valence-corrected chi connectivity index (χ1v) is 5.60. The number of fused-ring (bicyclic) bond motifs is 1. The first-order valence-electron chi connectivity index (χ1n) is 5.22. The lowest BCUT2D eigenvalue weighted by Crippen LogP contribution is -2.09. The van der Waals surface area contributed by atoms with Gasteiger partial charge >= 0.3 is 5.97 Å². The van der Waals surface area contributed by atoms with Crippen molar-refractivity contribution in [3.05, 3.63) is 50.8 Å². The highest BCUT2D eigenvalue weighted by molar-refractivity contribution is 6.35. The highest BCUT2D eigenvalue weighted by Gasteiger charge is 2.06. The van der Waals surface area contributed by atoms with Crippen LogP contribution in [0.25, 0.3) is 17.0 Å². The van der Waals surface area contributed by atoms with E-state index in [0.717, 1.165) is 11.6 Å². The molecule has 0 radical (unpaired) electrons. The van der Waals surface area contributed by atoms with E-state index in [1.54, 1.807) is 12.1 Å². The molecule has 1 aromatic carbocycles. The molecule has 4 nitrogen and oxygen atoms in total. The van der Waals surface area contributed by atoms with Gasteiger partial charge in [0.25, 0.3) is 5.56 Å². The molecule has 2 N–H and O–H groups in total. The smallest absolute Gasteiger partial charge is 0.328 e. The van der Waals surface area contributed by atoms with E-state index in [-0.39, 0.29) is 11.1 Å². The number of aryl methyl sites for hydroxylation is 1. The molecule has 0 aliphatic heterocycles. The molecule has 0 saturated heterocycles. The monoisotopic (exact) mass is 263 g/mol. The summed E-state index contributed by atoms with van der Waals surface area (Å²) >= 11 is 6.05. The van der Waals surface area contributed by atoms with Crippen LogP contribution in [0.2, 0.25) is 5.02 Å². The molecule has 0 spiro atoms. The number of nitrogens with one attached hydrogen (secondary N) is 1. The Morgan fingerprint density at radius 2 is 2.17 bits per heavy atom. The molecular weight excluding hydrogens is 254 g/mol. The summed E-state index contributed by atoms with van der Waals surface area (Å²) < 4.78 is 0. The van der Waals surface area contributed by atoms with Gasteiger partial charge < -0.3 is 10.1 Å². The summed E-state index contributed by atoms with van der Waals surface area (Å²) in [5.41, 5.74) is 1.49. The van der Waals surface area contributed by atoms with Gasteiger partial charge in [0.15, 0.2) is 0 Å². The molecule has 0 fully saturated rings. The number of aromatic amines is 1. The Hall–Kier alpha value is -2.07. The largest absolute Gasteiger partial charge is 0.478 e. The average molecular weight is 264 g/mol. The van der Waals surface area contributed by atoms with Gasteiger partial charge in [-0.15, -0.1) is 0 Å². The van der Waals surface area contributed by atoms with E-state index in [9.17, 15) is 9.59 Å². The van der Waals surface area contributed by atoms with Crippen LogP contribution in [0.1, 0.15) is 11.1 Å². The van der Waals surface area contributed by atoms with Crippen LogP contribution in [0.15, 0.2) is 29.1 Å². The van der Waals surface area contributed by atoms with Crippen LogP contribution < -0.4 is 5.56 Å². The number of rotatable bonds is 2. The second kappa shape index (κ2) is 4.66. The minimum absolute atomic E-state index is 0.261. The number of carboxylic acid groups (broad SMARTS) is 1. The molecule has 0 atom stereocenters. The van der Waals surface area contributed by atoms with Crippen LogP contribution in [0.3, 0.4) is 0 Å². The number of benzene rings is 1. The number of pyridine rings is 1. The van der Waals surface area contributed by atoms with Gasteiger partial charge in [0.1, 0.15) is 0 Å². The topological polar surface area (TPSA) is 70.2 Å². The van der Waals surface area contributed by atoms with Crippen LogP contribution in [0, 0.1) is 6.92 Å². The molecule has 1 aromatic heterocycles. The van der Waals surface area contributed by atoms with Crippen LogP contribution in [-0.4, -0.2) is 16.1 Å². The van der Waals surface area contributed by atoms with Gasteiger partial charge in [-0.05, 0) is 30.7 Å². The summed E-state index contributed by atoms with van der Waals surface area (Å²) in [5.74, 6) is -1.11. The molecular formula is C13H10ClNO3. The Kier molecular flexibility index (Phi) is 3.21. The van der Waals surface area contributed by atoms with Gasteiger partial charge in [-0.2, -0.15) is 0 Å². The zero-order chi connectivity index (χ0) is 13.3. The Labute approximate surface area is 108 Å². The van der Waals surface area contributed by atoms with E-state index >= 15 is 0 Å². The van der Waals surface area contributed by atoms with Crippen molar-refractivity contribution in [1.82, 2.24) is 4.98 Å². The average Bonchev–Trinajstić information content (AvgIpc) is 2.32.